The number of hydrogen-bond acceptors (Lipinski definition) is 3. The topological polar surface area (TPSA) is 33.4 Å². The molecule has 2 aromatic heterocycles. The van der Waals surface area contributed by atoms with Crippen LogP contribution in [0.25, 0.3) is 5.52 Å². The molecule has 0 N–H and O–H groups in total. The lowest BCUT2D eigenvalue weighted by molar-refractivity contribution is -0.141. The van der Waals surface area contributed by atoms with Crippen LogP contribution in [0, 0.1) is 0 Å². The van der Waals surface area contributed by atoms with Crippen LogP contribution in [0.4, 0.5) is 19.0 Å². The second kappa shape index (κ2) is 4.99. The van der Waals surface area contributed by atoms with E-state index < -0.39 is 11.9 Å². The van der Waals surface area contributed by atoms with Gasteiger partial charge in [0.05, 0.1) is 0 Å². The first-order valence-corrected chi connectivity index (χ1v) is 6.67. The Morgan fingerprint density at radius 3 is 2.74 bits per heavy atom. The Morgan fingerprint density at radius 1 is 1.47 bits per heavy atom. The summed E-state index contributed by atoms with van der Waals surface area (Å²) in [4.78, 5) is 5.96. The number of alkyl halides is 4. The van der Waals surface area contributed by atoms with Crippen molar-refractivity contribution in [1.82, 2.24) is 14.6 Å². The molecule has 0 aliphatic heterocycles. The zero-order chi connectivity index (χ0) is 14.2. The van der Waals surface area contributed by atoms with Gasteiger partial charge in [0.15, 0.2) is 11.5 Å². The SMILES string of the molecule is CC(CBr)N(C)c1nccn2nc(C(F)(F)F)cc12. The van der Waals surface area contributed by atoms with Crippen LogP contribution in [0.15, 0.2) is 18.5 Å². The molecule has 0 aliphatic carbocycles. The van der Waals surface area contributed by atoms with E-state index in [1.807, 2.05) is 11.8 Å². The van der Waals surface area contributed by atoms with Crippen molar-refractivity contribution in [1.29, 1.82) is 0 Å². The van der Waals surface area contributed by atoms with E-state index in [4.69, 9.17) is 0 Å². The van der Waals surface area contributed by atoms with Gasteiger partial charge in [-0.2, -0.15) is 18.3 Å². The van der Waals surface area contributed by atoms with Crippen molar-refractivity contribution in [3.05, 3.63) is 24.2 Å². The Hall–Kier alpha value is -1.31. The Labute approximate surface area is 116 Å². The van der Waals surface area contributed by atoms with E-state index in [-0.39, 0.29) is 6.04 Å². The van der Waals surface area contributed by atoms with Crippen LogP contribution in [-0.2, 0) is 6.18 Å². The largest absolute Gasteiger partial charge is 0.435 e. The molecule has 8 heteroatoms. The number of hydrogen-bond donors (Lipinski definition) is 0. The van der Waals surface area contributed by atoms with E-state index in [9.17, 15) is 13.2 Å². The van der Waals surface area contributed by atoms with Gasteiger partial charge in [-0.05, 0) is 6.92 Å². The minimum atomic E-state index is -4.46. The lowest BCUT2D eigenvalue weighted by Crippen LogP contribution is -2.31. The molecule has 0 amide bonds. The summed E-state index contributed by atoms with van der Waals surface area (Å²) in [6, 6.07) is 1.11. The summed E-state index contributed by atoms with van der Waals surface area (Å²) in [5.41, 5.74) is -0.577. The van der Waals surface area contributed by atoms with Crippen molar-refractivity contribution in [2.24, 2.45) is 0 Å². The molecule has 0 aromatic carbocycles. The molecule has 0 saturated heterocycles. The molecule has 0 radical (unpaired) electrons. The van der Waals surface area contributed by atoms with Crippen LogP contribution in [-0.4, -0.2) is 33.0 Å². The standard InChI is InChI=1S/C11H12BrF3N4/c1-7(6-12)18(2)10-8-5-9(11(13,14)15)17-19(8)4-3-16-10/h3-5,7H,6H2,1-2H3. The first kappa shape index (κ1) is 14.1. The predicted octanol–water partition coefficient (Wildman–Crippen LogP) is 2.97. The molecule has 19 heavy (non-hydrogen) atoms. The molecule has 0 bridgehead atoms. The normalized spacial score (nSPS) is 13.8. The van der Waals surface area contributed by atoms with E-state index in [1.54, 1.807) is 7.05 Å². The van der Waals surface area contributed by atoms with Crippen LogP contribution in [0.3, 0.4) is 0 Å². The van der Waals surface area contributed by atoms with Gasteiger partial charge in [-0.1, -0.05) is 15.9 Å². The lowest BCUT2D eigenvalue weighted by atomic mass is 10.3. The fourth-order valence-electron chi connectivity index (χ4n) is 1.63. The molecule has 104 valence electrons. The molecule has 4 nitrogen and oxygen atoms in total. The Kier molecular flexibility index (Phi) is 3.71. The van der Waals surface area contributed by atoms with Crippen LogP contribution < -0.4 is 4.90 Å². The fraction of sp³-hybridized carbons (Fsp3) is 0.455. The fourth-order valence-corrected chi connectivity index (χ4v) is 2.07. The van der Waals surface area contributed by atoms with Crippen molar-refractivity contribution < 1.29 is 13.2 Å². The number of rotatable bonds is 3. The van der Waals surface area contributed by atoms with E-state index >= 15 is 0 Å². The molecule has 0 saturated carbocycles. The Balaban J connectivity index is 2.54. The Morgan fingerprint density at radius 2 is 2.16 bits per heavy atom. The first-order chi connectivity index (χ1) is 8.84. The highest BCUT2D eigenvalue weighted by atomic mass is 79.9. The average molecular weight is 337 g/mol. The van der Waals surface area contributed by atoms with Crippen LogP contribution in [0.1, 0.15) is 12.6 Å². The van der Waals surface area contributed by atoms with Gasteiger partial charge in [0, 0.05) is 36.9 Å². The van der Waals surface area contributed by atoms with E-state index in [0.29, 0.717) is 16.7 Å². The zero-order valence-corrected chi connectivity index (χ0v) is 11.9. The number of anilines is 1. The van der Waals surface area contributed by atoms with Crippen molar-refractivity contribution in [2.75, 3.05) is 17.3 Å². The first-order valence-electron chi connectivity index (χ1n) is 5.55. The molecule has 0 spiro atoms. The van der Waals surface area contributed by atoms with Crippen LogP contribution in [0.5, 0.6) is 0 Å². The maximum Gasteiger partial charge on any atom is 0.435 e. The molecular formula is C11H12BrF3N4. The maximum atomic E-state index is 12.7. The monoisotopic (exact) mass is 336 g/mol. The molecule has 1 atom stereocenters. The number of aromatic nitrogens is 3. The summed E-state index contributed by atoms with van der Waals surface area (Å²) in [6.07, 6.45) is -1.61. The predicted molar refractivity (Wildman–Crippen MR) is 69.6 cm³/mol. The molecule has 2 heterocycles. The summed E-state index contributed by atoms with van der Waals surface area (Å²) in [5, 5.41) is 4.21. The van der Waals surface area contributed by atoms with Crippen LogP contribution in [0.2, 0.25) is 0 Å². The van der Waals surface area contributed by atoms with Gasteiger partial charge >= 0.3 is 6.18 Å². The van der Waals surface area contributed by atoms with E-state index in [2.05, 4.69) is 26.0 Å². The highest BCUT2D eigenvalue weighted by Gasteiger charge is 2.34. The van der Waals surface area contributed by atoms with E-state index in [0.717, 1.165) is 6.07 Å². The third-order valence-corrected chi connectivity index (χ3v) is 3.82. The number of halogens is 4. The second-order valence-electron chi connectivity index (χ2n) is 4.22. The quantitative estimate of drug-likeness (QED) is 0.808. The highest BCUT2D eigenvalue weighted by Crippen LogP contribution is 2.30. The Bertz CT molecular complexity index is 581. The van der Waals surface area contributed by atoms with E-state index in [1.165, 1.54) is 16.9 Å². The molecule has 2 aromatic rings. The third kappa shape index (κ3) is 2.68. The van der Waals surface area contributed by atoms with Gasteiger partial charge < -0.3 is 4.90 Å². The minimum Gasteiger partial charge on any atom is -0.354 e. The molecule has 1 unspecified atom stereocenters. The molecule has 0 fully saturated rings. The zero-order valence-electron chi connectivity index (χ0n) is 10.3. The number of nitrogens with zero attached hydrogens (tertiary/aromatic N) is 4. The molecule has 0 aliphatic rings. The van der Waals surface area contributed by atoms with Crippen molar-refractivity contribution in [3.8, 4) is 0 Å². The average Bonchev–Trinajstić information content (AvgIpc) is 2.80. The second-order valence-corrected chi connectivity index (χ2v) is 4.87. The number of fused-ring (bicyclic) bond motifs is 1. The summed E-state index contributed by atoms with van der Waals surface area (Å²) in [7, 11) is 1.79. The van der Waals surface area contributed by atoms with Gasteiger partial charge in [0.2, 0.25) is 0 Å². The van der Waals surface area contributed by atoms with Gasteiger partial charge in [-0.25, -0.2) is 9.50 Å². The van der Waals surface area contributed by atoms with Crippen molar-refractivity contribution in [2.45, 2.75) is 19.1 Å². The van der Waals surface area contributed by atoms with Crippen molar-refractivity contribution >= 4 is 27.3 Å². The summed E-state index contributed by atoms with van der Waals surface area (Å²) in [5.74, 6) is 0.470. The molecular weight excluding hydrogens is 325 g/mol. The highest BCUT2D eigenvalue weighted by molar-refractivity contribution is 9.09. The van der Waals surface area contributed by atoms with Gasteiger partial charge in [0.1, 0.15) is 5.52 Å². The molecule has 2 rings (SSSR count). The van der Waals surface area contributed by atoms with Gasteiger partial charge in [-0.15, -0.1) is 0 Å². The van der Waals surface area contributed by atoms with Gasteiger partial charge in [0.25, 0.3) is 0 Å². The third-order valence-electron chi connectivity index (χ3n) is 2.88. The van der Waals surface area contributed by atoms with Crippen LogP contribution >= 0.6 is 15.9 Å². The summed E-state index contributed by atoms with van der Waals surface area (Å²) in [6.45, 7) is 1.95. The maximum absolute atomic E-state index is 12.7. The van der Waals surface area contributed by atoms with Gasteiger partial charge in [-0.3, -0.25) is 0 Å². The smallest absolute Gasteiger partial charge is 0.354 e. The minimum absolute atomic E-state index is 0.0999. The van der Waals surface area contributed by atoms with Crippen molar-refractivity contribution in [3.63, 3.8) is 0 Å². The summed E-state index contributed by atoms with van der Waals surface area (Å²) < 4.78 is 39.2. The summed E-state index contributed by atoms with van der Waals surface area (Å²) >= 11 is 3.34. The lowest BCUT2D eigenvalue weighted by Gasteiger charge is -2.24.